The van der Waals surface area contributed by atoms with E-state index in [4.69, 9.17) is 35.9 Å². The number of hydrogen-bond acceptors (Lipinski definition) is 9. The topological polar surface area (TPSA) is 99.0 Å². The monoisotopic (exact) mass is 813 g/mol. The molecule has 0 spiro atoms. The maximum absolute atomic E-state index is 13.0. The van der Waals surface area contributed by atoms with Crippen LogP contribution in [0.5, 0.6) is 5.75 Å². The van der Waals surface area contributed by atoms with Gasteiger partial charge in [-0.3, -0.25) is 14.4 Å². The number of benzene rings is 3. The van der Waals surface area contributed by atoms with Gasteiger partial charge in [-0.05, 0) is 148 Å². The zero-order valence-electron chi connectivity index (χ0n) is 34.8. The lowest BCUT2D eigenvalue weighted by Crippen LogP contribution is -2.43. The van der Waals surface area contributed by atoms with Gasteiger partial charge in [0, 0.05) is 58.7 Å². The molecular weight excluding hydrogens is 758 g/mol. The summed E-state index contributed by atoms with van der Waals surface area (Å²) in [5, 5.41) is 7.85. The van der Waals surface area contributed by atoms with Gasteiger partial charge in [-0.15, -0.1) is 11.3 Å². The van der Waals surface area contributed by atoms with Gasteiger partial charge in [0.05, 0.1) is 34.5 Å². The molecule has 0 unspecified atom stereocenters. The molecule has 0 aliphatic carbocycles. The number of aryl methyl sites for hydroxylation is 2. The Balaban J connectivity index is 1.22. The van der Waals surface area contributed by atoms with E-state index < -0.39 is 11.2 Å². The number of nitrogens with zero attached hydrogens (tertiary/aromatic N) is 5. The minimum atomic E-state index is -0.495. The summed E-state index contributed by atoms with van der Waals surface area (Å²) in [6.07, 6.45) is 2.90. The molecule has 1 amide bonds. The van der Waals surface area contributed by atoms with Crippen molar-refractivity contribution in [2.45, 2.75) is 118 Å². The molecule has 2 aliphatic heterocycles. The first-order chi connectivity index (χ1) is 27.0. The number of halogens is 1. The van der Waals surface area contributed by atoms with Crippen molar-refractivity contribution in [1.82, 2.24) is 24.6 Å². The Morgan fingerprint density at radius 1 is 0.947 bits per heavy atom. The normalized spacial score (nSPS) is 17.2. The van der Waals surface area contributed by atoms with Gasteiger partial charge in [0.2, 0.25) is 0 Å². The number of ether oxygens (including phenoxy) is 3. The van der Waals surface area contributed by atoms with Crippen LogP contribution in [-0.4, -0.2) is 86.7 Å². The Labute approximate surface area is 345 Å². The highest BCUT2D eigenvalue weighted by Gasteiger charge is 2.35. The van der Waals surface area contributed by atoms with E-state index in [1.165, 1.54) is 5.39 Å². The van der Waals surface area contributed by atoms with Crippen molar-refractivity contribution in [1.29, 1.82) is 0 Å². The van der Waals surface area contributed by atoms with E-state index in [0.717, 1.165) is 99.7 Å². The predicted molar refractivity (Wildman–Crippen MR) is 230 cm³/mol. The zero-order chi connectivity index (χ0) is 40.8. The first kappa shape index (κ1) is 41.0. The first-order valence-corrected chi connectivity index (χ1v) is 21.5. The molecule has 0 N–H and O–H groups in total. The standard InChI is InChI=1S/C45H56ClN5O5S/c1-10-51-36-15-12-29(23-34(36)40(48-51)28-16-19-49(20-17-28)31-18-21-50(26-31)43(53)56-45(7,8)9)42-47-35-22-27(3)33(25-38(52)54-11-2)39(41(35)57-42)32-14-13-30(46)24-37(32)55-44(4,5)6/h12-15,22-24,28,31H,10-11,16-21,25-26H2,1-9H3/t31-/m1/s1. The molecule has 2 saturated heterocycles. The molecule has 0 radical (unpaired) electrons. The number of esters is 1. The van der Waals surface area contributed by atoms with E-state index in [0.29, 0.717) is 35.9 Å². The summed E-state index contributed by atoms with van der Waals surface area (Å²) in [7, 11) is 0. The summed E-state index contributed by atoms with van der Waals surface area (Å²) >= 11 is 8.17. The second-order valence-electron chi connectivity index (χ2n) is 17.4. The highest BCUT2D eigenvalue weighted by atomic mass is 35.5. The number of fused-ring (bicyclic) bond motifs is 2. The molecule has 0 bridgehead atoms. The summed E-state index contributed by atoms with van der Waals surface area (Å²) in [5.41, 5.74) is 6.83. The Morgan fingerprint density at radius 3 is 2.39 bits per heavy atom. The smallest absolute Gasteiger partial charge is 0.410 e. The predicted octanol–water partition coefficient (Wildman–Crippen LogP) is 10.4. The number of amides is 1. The van der Waals surface area contributed by atoms with Crippen LogP contribution < -0.4 is 4.74 Å². The van der Waals surface area contributed by atoms with Crippen molar-refractivity contribution in [3.63, 3.8) is 0 Å². The summed E-state index contributed by atoms with van der Waals surface area (Å²) in [6.45, 7) is 22.3. The quantitative estimate of drug-likeness (QED) is 0.136. The van der Waals surface area contributed by atoms with E-state index in [2.05, 4.69) is 40.8 Å². The van der Waals surface area contributed by atoms with Crippen molar-refractivity contribution >= 4 is 56.1 Å². The van der Waals surface area contributed by atoms with Gasteiger partial charge in [-0.25, -0.2) is 9.78 Å². The SMILES string of the molecule is CCOC(=O)Cc1c(C)cc2nc(-c3ccc4c(c3)c(C3CCN([C@@H]5CCN(C(=O)OC(C)(C)C)C5)CC3)nn4CC)sc2c1-c1ccc(Cl)cc1OC(C)(C)C. The third kappa shape index (κ3) is 8.95. The van der Waals surface area contributed by atoms with Crippen molar-refractivity contribution in [2.24, 2.45) is 0 Å². The average Bonchev–Trinajstić information content (AvgIpc) is 3.89. The maximum atomic E-state index is 13.0. The van der Waals surface area contributed by atoms with Crippen LogP contribution in [0.2, 0.25) is 5.02 Å². The second kappa shape index (κ2) is 16.2. The van der Waals surface area contributed by atoms with Gasteiger partial charge in [0.25, 0.3) is 0 Å². The van der Waals surface area contributed by atoms with E-state index in [-0.39, 0.29) is 18.5 Å². The van der Waals surface area contributed by atoms with Gasteiger partial charge in [-0.2, -0.15) is 5.10 Å². The van der Waals surface area contributed by atoms with Crippen molar-refractivity contribution in [2.75, 3.05) is 32.8 Å². The van der Waals surface area contributed by atoms with E-state index in [1.807, 2.05) is 78.5 Å². The van der Waals surface area contributed by atoms with Crippen LogP contribution in [0, 0.1) is 6.92 Å². The molecule has 5 aromatic rings. The summed E-state index contributed by atoms with van der Waals surface area (Å²) in [5.74, 6) is 0.705. The number of rotatable bonds is 9. The fraction of sp³-hybridized carbons (Fsp3) is 0.511. The number of hydrogen-bond donors (Lipinski definition) is 0. The number of piperidine rings is 1. The minimum absolute atomic E-state index is 0.128. The molecule has 4 heterocycles. The number of carbonyl (C=O) groups excluding carboxylic acids is 2. The third-order valence-corrected chi connectivity index (χ3v) is 12.2. The van der Waals surface area contributed by atoms with Gasteiger partial charge in [0.1, 0.15) is 22.0 Å². The van der Waals surface area contributed by atoms with Crippen LogP contribution >= 0.6 is 22.9 Å². The summed E-state index contributed by atoms with van der Waals surface area (Å²) in [4.78, 5) is 35.4. The number of aromatic nitrogens is 3. The lowest BCUT2D eigenvalue weighted by molar-refractivity contribution is -0.142. The molecule has 10 nitrogen and oxygen atoms in total. The Hall–Kier alpha value is -4.19. The van der Waals surface area contributed by atoms with Crippen molar-refractivity contribution in [3.05, 3.63) is 64.3 Å². The van der Waals surface area contributed by atoms with Crippen LogP contribution in [0.25, 0.3) is 42.8 Å². The largest absolute Gasteiger partial charge is 0.487 e. The first-order valence-electron chi connectivity index (χ1n) is 20.3. The van der Waals surface area contributed by atoms with Gasteiger partial charge < -0.3 is 19.1 Å². The van der Waals surface area contributed by atoms with Gasteiger partial charge in [-0.1, -0.05) is 11.6 Å². The second-order valence-corrected chi connectivity index (χ2v) is 18.8. The molecule has 7 rings (SSSR count). The third-order valence-electron chi connectivity index (χ3n) is 10.8. The van der Waals surface area contributed by atoms with Crippen LogP contribution in [-0.2, 0) is 27.2 Å². The number of thiazole rings is 1. The molecular formula is C45H56ClN5O5S. The summed E-state index contributed by atoms with van der Waals surface area (Å²) < 4.78 is 20.7. The van der Waals surface area contributed by atoms with Gasteiger partial charge >= 0.3 is 12.1 Å². The Morgan fingerprint density at radius 2 is 1.70 bits per heavy atom. The fourth-order valence-corrected chi connectivity index (χ4v) is 9.58. The zero-order valence-corrected chi connectivity index (χ0v) is 36.4. The van der Waals surface area contributed by atoms with Crippen LogP contribution in [0.15, 0.2) is 42.5 Å². The molecule has 304 valence electrons. The molecule has 2 aliphatic rings. The summed E-state index contributed by atoms with van der Waals surface area (Å²) in [6, 6.07) is 14.7. The molecule has 0 saturated carbocycles. The van der Waals surface area contributed by atoms with Crippen molar-refractivity contribution < 1.29 is 23.8 Å². The number of likely N-dealkylation sites (tertiary alicyclic amines) is 2. The van der Waals surface area contributed by atoms with Crippen LogP contribution in [0.3, 0.4) is 0 Å². The molecule has 12 heteroatoms. The van der Waals surface area contributed by atoms with E-state index in [9.17, 15) is 9.59 Å². The highest BCUT2D eigenvalue weighted by Crippen LogP contribution is 2.46. The molecule has 3 aromatic carbocycles. The lowest BCUT2D eigenvalue weighted by atomic mass is 9.90. The highest BCUT2D eigenvalue weighted by molar-refractivity contribution is 7.22. The number of carbonyl (C=O) groups is 2. The minimum Gasteiger partial charge on any atom is -0.487 e. The Kier molecular flexibility index (Phi) is 11.7. The lowest BCUT2D eigenvalue weighted by Gasteiger charge is -2.35. The van der Waals surface area contributed by atoms with Crippen LogP contribution in [0.4, 0.5) is 4.79 Å². The average molecular weight is 814 g/mol. The Bertz CT molecular complexity index is 2300. The van der Waals surface area contributed by atoms with Crippen molar-refractivity contribution in [3.8, 4) is 27.4 Å². The van der Waals surface area contributed by atoms with Gasteiger partial charge in [0.15, 0.2) is 0 Å². The van der Waals surface area contributed by atoms with Crippen LogP contribution in [0.1, 0.15) is 97.4 Å². The molecule has 1 atom stereocenters. The maximum Gasteiger partial charge on any atom is 0.410 e. The molecule has 2 aromatic heterocycles. The van der Waals surface area contributed by atoms with E-state index >= 15 is 0 Å². The molecule has 57 heavy (non-hydrogen) atoms. The molecule has 2 fully saturated rings. The fourth-order valence-electron chi connectivity index (χ4n) is 8.29. The van der Waals surface area contributed by atoms with E-state index in [1.54, 1.807) is 11.3 Å².